The minimum Gasteiger partial charge on any atom is -0.126 e. The Kier molecular flexibility index (Phi) is 6.51. The fraction of sp³-hybridized carbons (Fsp3) is 0.571. The number of halogens is 4. The second-order valence-electron chi connectivity index (χ2n) is 5.23. The number of hydrogen-bond acceptors (Lipinski definition) is 0. The van der Waals surface area contributed by atoms with Gasteiger partial charge in [0.25, 0.3) is 0 Å². The van der Waals surface area contributed by atoms with Crippen LogP contribution < -0.4 is 0 Å². The van der Waals surface area contributed by atoms with Gasteiger partial charge in [0.2, 0.25) is 0 Å². The highest BCUT2D eigenvalue weighted by Gasteiger charge is 2.27. The van der Waals surface area contributed by atoms with Crippen molar-refractivity contribution >= 4 is 55.1 Å². The van der Waals surface area contributed by atoms with Gasteiger partial charge in [0.15, 0.2) is 0 Å². The van der Waals surface area contributed by atoms with Crippen LogP contribution in [0.2, 0.25) is 0 Å². The van der Waals surface area contributed by atoms with Crippen molar-refractivity contribution in [1.82, 2.24) is 0 Å². The summed E-state index contributed by atoms with van der Waals surface area (Å²) in [4.78, 5) is 0. The number of benzene rings is 1. The van der Waals surface area contributed by atoms with E-state index in [0.717, 1.165) is 10.7 Å². The summed E-state index contributed by atoms with van der Waals surface area (Å²) in [5, 5.41) is 1.71. The molecule has 0 aliphatic heterocycles. The first kappa shape index (κ1) is 16.8. The number of alkyl halides is 4. The van der Waals surface area contributed by atoms with Gasteiger partial charge in [0.05, 0.1) is 0 Å². The Balaban J connectivity index is 3.06. The lowest BCUT2D eigenvalue weighted by molar-refractivity contribution is 0.600. The Hall–Kier alpha value is 0.760. The van der Waals surface area contributed by atoms with E-state index in [1.54, 1.807) is 0 Å². The van der Waals surface area contributed by atoms with Crippen LogP contribution in [0.5, 0.6) is 0 Å². The normalized spacial score (nSPS) is 18.1. The maximum Gasteiger partial charge on any atom is 0.0325 e. The molecule has 0 bridgehead atoms. The standard InChI is InChI=1S/C14H18Br2Cl2/c1-13(7-15,9-17)11-3-5-12(6-4-11)14(2,8-16)10-18/h3-6H,7-10H2,1-2H3. The average molecular weight is 417 g/mol. The largest absolute Gasteiger partial charge is 0.126 e. The van der Waals surface area contributed by atoms with E-state index in [2.05, 4.69) is 70.0 Å². The van der Waals surface area contributed by atoms with Crippen molar-refractivity contribution in [3.8, 4) is 0 Å². The van der Waals surface area contributed by atoms with Crippen LogP contribution in [-0.2, 0) is 10.8 Å². The van der Waals surface area contributed by atoms with Gasteiger partial charge in [-0.25, -0.2) is 0 Å². The summed E-state index contributed by atoms with van der Waals surface area (Å²) in [7, 11) is 0. The van der Waals surface area contributed by atoms with Gasteiger partial charge in [-0.2, -0.15) is 0 Å². The predicted molar refractivity (Wildman–Crippen MR) is 90.2 cm³/mol. The lowest BCUT2D eigenvalue weighted by Crippen LogP contribution is -2.28. The van der Waals surface area contributed by atoms with Crippen molar-refractivity contribution in [1.29, 1.82) is 0 Å². The van der Waals surface area contributed by atoms with Gasteiger partial charge in [-0.05, 0) is 11.1 Å². The molecule has 18 heavy (non-hydrogen) atoms. The number of hydrogen-bond donors (Lipinski definition) is 0. The van der Waals surface area contributed by atoms with Crippen molar-refractivity contribution in [3.63, 3.8) is 0 Å². The fourth-order valence-corrected chi connectivity index (χ4v) is 3.65. The minimum atomic E-state index is -0.0220. The molecule has 0 saturated carbocycles. The lowest BCUT2D eigenvalue weighted by Gasteiger charge is -2.28. The molecule has 0 radical (unpaired) electrons. The third-order valence-electron chi connectivity index (χ3n) is 3.46. The van der Waals surface area contributed by atoms with Crippen LogP contribution in [0.15, 0.2) is 24.3 Å². The molecule has 0 amide bonds. The van der Waals surface area contributed by atoms with Crippen molar-refractivity contribution in [2.75, 3.05) is 22.4 Å². The Labute approximate surface area is 137 Å². The molecule has 0 N–H and O–H groups in total. The Morgan fingerprint density at radius 3 is 1.28 bits per heavy atom. The molecule has 0 nitrogen and oxygen atoms in total. The second-order valence-corrected chi connectivity index (χ2v) is 6.89. The van der Waals surface area contributed by atoms with E-state index in [1.807, 2.05) is 0 Å². The monoisotopic (exact) mass is 414 g/mol. The van der Waals surface area contributed by atoms with Gasteiger partial charge in [0, 0.05) is 33.3 Å². The van der Waals surface area contributed by atoms with Gasteiger partial charge < -0.3 is 0 Å². The van der Waals surface area contributed by atoms with Crippen LogP contribution in [0.1, 0.15) is 25.0 Å². The first-order chi connectivity index (χ1) is 8.45. The molecule has 0 aromatic heterocycles. The molecule has 102 valence electrons. The molecule has 1 rings (SSSR count). The smallest absolute Gasteiger partial charge is 0.0325 e. The van der Waals surface area contributed by atoms with Crippen LogP contribution in [0.25, 0.3) is 0 Å². The van der Waals surface area contributed by atoms with Crippen molar-refractivity contribution in [2.24, 2.45) is 0 Å². The molecule has 2 atom stereocenters. The van der Waals surface area contributed by atoms with Crippen molar-refractivity contribution in [2.45, 2.75) is 24.7 Å². The first-order valence-electron chi connectivity index (χ1n) is 5.80. The maximum atomic E-state index is 6.07. The molecule has 0 heterocycles. The topological polar surface area (TPSA) is 0 Å². The molecule has 0 aliphatic carbocycles. The fourth-order valence-electron chi connectivity index (χ4n) is 1.66. The molecule has 1 aromatic rings. The summed E-state index contributed by atoms with van der Waals surface area (Å²) in [6.07, 6.45) is 0. The summed E-state index contributed by atoms with van der Waals surface area (Å²) >= 11 is 19.2. The quantitative estimate of drug-likeness (QED) is 0.539. The van der Waals surface area contributed by atoms with E-state index in [-0.39, 0.29) is 10.8 Å². The zero-order valence-corrected chi connectivity index (χ0v) is 15.3. The van der Waals surface area contributed by atoms with Crippen LogP contribution in [-0.4, -0.2) is 22.4 Å². The van der Waals surface area contributed by atoms with Gasteiger partial charge >= 0.3 is 0 Å². The third kappa shape index (κ3) is 3.45. The van der Waals surface area contributed by atoms with E-state index in [1.165, 1.54) is 11.1 Å². The molecular formula is C14H18Br2Cl2. The van der Waals surface area contributed by atoms with E-state index in [0.29, 0.717) is 11.8 Å². The lowest BCUT2D eigenvalue weighted by atomic mass is 9.82. The van der Waals surface area contributed by atoms with Gasteiger partial charge in [-0.3, -0.25) is 0 Å². The molecule has 0 saturated heterocycles. The summed E-state index contributed by atoms with van der Waals surface area (Å²) in [6, 6.07) is 8.64. The van der Waals surface area contributed by atoms with Crippen LogP contribution in [0, 0.1) is 0 Å². The van der Waals surface area contributed by atoms with Crippen molar-refractivity contribution in [3.05, 3.63) is 35.4 Å². The van der Waals surface area contributed by atoms with E-state index in [9.17, 15) is 0 Å². The Morgan fingerprint density at radius 2 is 1.11 bits per heavy atom. The Morgan fingerprint density at radius 1 is 0.833 bits per heavy atom. The Bertz CT molecular complexity index is 331. The molecule has 4 heteroatoms. The molecular weight excluding hydrogens is 399 g/mol. The zero-order valence-electron chi connectivity index (χ0n) is 10.6. The molecule has 0 aliphatic rings. The first-order valence-corrected chi connectivity index (χ1v) is 9.12. The highest BCUT2D eigenvalue weighted by atomic mass is 79.9. The maximum absolute atomic E-state index is 6.07. The van der Waals surface area contributed by atoms with E-state index < -0.39 is 0 Å². The molecule has 0 fully saturated rings. The minimum absolute atomic E-state index is 0.0220. The highest BCUT2D eigenvalue weighted by Crippen LogP contribution is 2.32. The second kappa shape index (κ2) is 6.97. The van der Waals surface area contributed by atoms with Crippen LogP contribution in [0.4, 0.5) is 0 Å². The average Bonchev–Trinajstić information content (AvgIpc) is 2.45. The van der Waals surface area contributed by atoms with Crippen LogP contribution in [0.3, 0.4) is 0 Å². The summed E-state index contributed by atoms with van der Waals surface area (Å²) in [5.41, 5.74) is 2.46. The van der Waals surface area contributed by atoms with Crippen LogP contribution >= 0.6 is 55.1 Å². The molecule has 2 unspecified atom stereocenters. The third-order valence-corrected chi connectivity index (χ3v) is 7.11. The highest BCUT2D eigenvalue weighted by molar-refractivity contribution is 9.09. The number of rotatable bonds is 6. The van der Waals surface area contributed by atoms with Gasteiger partial charge in [-0.15, -0.1) is 23.2 Å². The summed E-state index contributed by atoms with van der Waals surface area (Å²) in [6.45, 7) is 4.32. The SMILES string of the molecule is CC(CCl)(CBr)c1ccc(C(C)(CCl)CBr)cc1. The van der Waals surface area contributed by atoms with Gasteiger partial charge in [0.1, 0.15) is 0 Å². The summed E-state index contributed by atoms with van der Waals surface area (Å²) in [5.74, 6) is 1.20. The van der Waals surface area contributed by atoms with E-state index >= 15 is 0 Å². The van der Waals surface area contributed by atoms with Gasteiger partial charge in [-0.1, -0.05) is 70.0 Å². The van der Waals surface area contributed by atoms with Crippen molar-refractivity contribution < 1.29 is 0 Å². The van der Waals surface area contributed by atoms with E-state index in [4.69, 9.17) is 23.2 Å². The molecule has 0 spiro atoms. The summed E-state index contributed by atoms with van der Waals surface area (Å²) < 4.78 is 0. The predicted octanol–water partition coefficient (Wildman–Crippen LogP) is 5.47. The molecule has 1 aromatic carbocycles. The zero-order chi connectivity index (χ0) is 13.8.